The zero-order valence-electron chi connectivity index (χ0n) is 8.68. The van der Waals surface area contributed by atoms with Crippen molar-refractivity contribution in [3.8, 4) is 0 Å². The number of rotatable bonds is 3. The summed E-state index contributed by atoms with van der Waals surface area (Å²) in [4.78, 5) is 11.8. The number of benzene rings is 1. The van der Waals surface area contributed by atoms with Gasteiger partial charge in [0, 0.05) is 21.4 Å². The van der Waals surface area contributed by atoms with Crippen molar-refractivity contribution in [2.24, 2.45) is 0 Å². The Balaban J connectivity index is 2.82. The van der Waals surface area contributed by atoms with Crippen LogP contribution in [0.2, 0.25) is 0 Å². The van der Waals surface area contributed by atoms with Gasteiger partial charge < -0.3 is 5.32 Å². The summed E-state index contributed by atoms with van der Waals surface area (Å²) in [5, 5.41) is 3.66. The second-order valence-corrected chi connectivity index (χ2v) is 5.05. The van der Waals surface area contributed by atoms with E-state index in [4.69, 9.17) is 0 Å². The van der Waals surface area contributed by atoms with E-state index in [2.05, 4.69) is 37.2 Å². The molecule has 0 aliphatic carbocycles. The van der Waals surface area contributed by atoms with Crippen LogP contribution in [0.15, 0.2) is 22.7 Å². The highest BCUT2D eigenvalue weighted by Gasteiger charge is 2.11. The fourth-order valence-electron chi connectivity index (χ4n) is 1.22. The summed E-state index contributed by atoms with van der Waals surface area (Å²) in [7, 11) is 0. The molecule has 0 saturated heterocycles. The average molecular weight is 335 g/mol. The zero-order chi connectivity index (χ0) is 11.4. The van der Waals surface area contributed by atoms with Crippen LogP contribution < -0.4 is 5.32 Å². The van der Waals surface area contributed by atoms with Gasteiger partial charge in [0.05, 0.1) is 0 Å². The monoisotopic (exact) mass is 333 g/mol. The van der Waals surface area contributed by atoms with Crippen LogP contribution in [-0.2, 0) is 0 Å². The van der Waals surface area contributed by atoms with Gasteiger partial charge in [0.15, 0.2) is 0 Å². The van der Waals surface area contributed by atoms with Gasteiger partial charge in [0.2, 0.25) is 0 Å². The molecule has 0 fully saturated rings. The highest BCUT2D eigenvalue weighted by Crippen LogP contribution is 2.15. The number of aryl methyl sites for hydroxylation is 1. The summed E-state index contributed by atoms with van der Waals surface area (Å²) in [6.07, 6.45) is 0. The van der Waals surface area contributed by atoms with Crippen LogP contribution in [-0.4, -0.2) is 17.3 Å². The van der Waals surface area contributed by atoms with Gasteiger partial charge in [-0.3, -0.25) is 4.79 Å². The smallest absolute Gasteiger partial charge is 0.251 e. The summed E-state index contributed by atoms with van der Waals surface area (Å²) in [6, 6.07) is 5.78. The first-order valence-corrected chi connectivity index (χ1v) is 6.59. The van der Waals surface area contributed by atoms with E-state index in [9.17, 15) is 4.79 Å². The molecule has 1 rings (SSSR count). The standard InChI is InChI=1S/C11H13Br2NO/c1-7-5-9(13)3-4-10(7)11(15)14-8(2)6-12/h3-5,8H,6H2,1-2H3,(H,14,15). The third-order valence-corrected chi connectivity index (χ3v) is 3.51. The van der Waals surface area contributed by atoms with E-state index in [1.54, 1.807) is 0 Å². The molecule has 0 aliphatic heterocycles. The van der Waals surface area contributed by atoms with E-state index >= 15 is 0 Å². The molecule has 0 aliphatic rings. The van der Waals surface area contributed by atoms with Crippen molar-refractivity contribution >= 4 is 37.8 Å². The first kappa shape index (κ1) is 12.7. The van der Waals surface area contributed by atoms with Gasteiger partial charge in [0.1, 0.15) is 0 Å². The van der Waals surface area contributed by atoms with Crippen molar-refractivity contribution in [1.82, 2.24) is 5.32 Å². The molecule has 2 nitrogen and oxygen atoms in total. The number of hydrogen-bond acceptors (Lipinski definition) is 1. The molecule has 0 spiro atoms. The van der Waals surface area contributed by atoms with Gasteiger partial charge in [-0.1, -0.05) is 31.9 Å². The van der Waals surface area contributed by atoms with Gasteiger partial charge in [-0.25, -0.2) is 0 Å². The highest BCUT2D eigenvalue weighted by molar-refractivity contribution is 9.10. The minimum Gasteiger partial charge on any atom is -0.349 e. The zero-order valence-corrected chi connectivity index (χ0v) is 11.9. The quantitative estimate of drug-likeness (QED) is 0.844. The molecule has 82 valence electrons. The summed E-state index contributed by atoms with van der Waals surface area (Å²) >= 11 is 6.69. The summed E-state index contributed by atoms with van der Waals surface area (Å²) in [5.74, 6) is -0.0213. The number of nitrogens with one attached hydrogen (secondary N) is 1. The lowest BCUT2D eigenvalue weighted by Gasteiger charge is -2.12. The number of carbonyl (C=O) groups is 1. The van der Waals surface area contributed by atoms with Crippen molar-refractivity contribution in [2.75, 3.05) is 5.33 Å². The maximum atomic E-state index is 11.8. The third-order valence-electron chi connectivity index (χ3n) is 2.04. The first-order chi connectivity index (χ1) is 7.04. The number of alkyl halides is 1. The van der Waals surface area contributed by atoms with Gasteiger partial charge in [0.25, 0.3) is 5.91 Å². The first-order valence-electron chi connectivity index (χ1n) is 4.67. The third kappa shape index (κ3) is 3.61. The molecule has 0 radical (unpaired) electrons. The maximum absolute atomic E-state index is 11.8. The highest BCUT2D eigenvalue weighted by atomic mass is 79.9. The predicted octanol–water partition coefficient (Wildman–Crippen LogP) is 3.27. The fraction of sp³-hybridized carbons (Fsp3) is 0.364. The van der Waals surface area contributed by atoms with Crippen LogP contribution in [0.1, 0.15) is 22.8 Å². The lowest BCUT2D eigenvalue weighted by atomic mass is 10.1. The van der Waals surface area contributed by atoms with E-state index in [0.717, 1.165) is 20.9 Å². The molecule has 1 atom stereocenters. The van der Waals surface area contributed by atoms with Crippen molar-refractivity contribution < 1.29 is 4.79 Å². The molecular formula is C11H13Br2NO. The number of halogens is 2. The normalized spacial score (nSPS) is 12.3. The lowest BCUT2D eigenvalue weighted by Crippen LogP contribution is -2.33. The fourth-order valence-corrected chi connectivity index (χ4v) is 1.86. The Kier molecular flexibility index (Phi) is 4.80. The summed E-state index contributed by atoms with van der Waals surface area (Å²) in [6.45, 7) is 3.89. The SMILES string of the molecule is Cc1cc(Br)ccc1C(=O)NC(C)CBr. The Bertz CT molecular complexity index is 366. The Morgan fingerprint density at radius 3 is 2.73 bits per heavy atom. The van der Waals surface area contributed by atoms with E-state index in [-0.39, 0.29) is 11.9 Å². The van der Waals surface area contributed by atoms with Crippen LogP contribution in [0.4, 0.5) is 0 Å². The summed E-state index contributed by atoms with van der Waals surface area (Å²) < 4.78 is 0.991. The van der Waals surface area contributed by atoms with Crippen molar-refractivity contribution in [3.05, 3.63) is 33.8 Å². The maximum Gasteiger partial charge on any atom is 0.251 e. The Labute approximate surface area is 107 Å². The molecule has 1 unspecified atom stereocenters. The van der Waals surface area contributed by atoms with Crippen LogP contribution in [0.3, 0.4) is 0 Å². The van der Waals surface area contributed by atoms with E-state index in [1.165, 1.54) is 0 Å². The van der Waals surface area contributed by atoms with Crippen LogP contribution in [0, 0.1) is 6.92 Å². The molecular weight excluding hydrogens is 322 g/mol. The minimum absolute atomic E-state index is 0.0213. The number of hydrogen-bond donors (Lipinski definition) is 1. The topological polar surface area (TPSA) is 29.1 Å². The van der Waals surface area contributed by atoms with Crippen LogP contribution in [0.25, 0.3) is 0 Å². The Morgan fingerprint density at radius 2 is 2.20 bits per heavy atom. The van der Waals surface area contributed by atoms with Gasteiger partial charge in [-0.15, -0.1) is 0 Å². The number of amides is 1. The van der Waals surface area contributed by atoms with E-state index < -0.39 is 0 Å². The molecule has 0 heterocycles. The van der Waals surface area contributed by atoms with Crippen molar-refractivity contribution in [1.29, 1.82) is 0 Å². The minimum atomic E-state index is -0.0213. The van der Waals surface area contributed by atoms with E-state index in [1.807, 2.05) is 32.0 Å². The molecule has 0 bridgehead atoms. The van der Waals surface area contributed by atoms with Crippen molar-refractivity contribution in [2.45, 2.75) is 19.9 Å². The van der Waals surface area contributed by atoms with Gasteiger partial charge in [-0.2, -0.15) is 0 Å². The predicted molar refractivity (Wildman–Crippen MR) is 69.6 cm³/mol. The molecule has 1 amide bonds. The van der Waals surface area contributed by atoms with Crippen molar-refractivity contribution in [3.63, 3.8) is 0 Å². The van der Waals surface area contributed by atoms with Crippen LogP contribution in [0.5, 0.6) is 0 Å². The summed E-state index contributed by atoms with van der Waals surface area (Å²) in [5.41, 5.74) is 1.70. The van der Waals surface area contributed by atoms with Crippen LogP contribution >= 0.6 is 31.9 Å². The number of carbonyl (C=O) groups excluding carboxylic acids is 1. The van der Waals surface area contributed by atoms with E-state index in [0.29, 0.717) is 0 Å². The van der Waals surface area contributed by atoms with Gasteiger partial charge in [-0.05, 0) is 37.6 Å². The van der Waals surface area contributed by atoms with Gasteiger partial charge >= 0.3 is 0 Å². The second kappa shape index (κ2) is 5.66. The Hall–Kier alpha value is -0.350. The molecule has 4 heteroatoms. The molecule has 1 N–H and O–H groups in total. The Morgan fingerprint density at radius 1 is 1.53 bits per heavy atom. The lowest BCUT2D eigenvalue weighted by molar-refractivity contribution is 0.0943. The molecule has 0 aromatic heterocycles. The molecule has 0 saturated carbocycles. The molecule has 1 aromatic rings. The average Bonchev–Trinajstić information content (AvgIpc) is 2.17. The second-order valence-electron chi connectivity index (χ2n) is 3.49. The molecule has 1 aromatic carbocycles. The molecule has 15 heavy (non-hydrogen) atoms. The largest absolute Gasteiger partial charge is 0.349 e.